The van der Waals surface area contributed by atoms with Gasteiger partial charge < -0.3 is 19.5 Å². The summed E-state index contributed by atoms with van der Waals surface area (Å²) in [4.78, 5) is 25.0. The average molecular weight is 341 g/mol. The number of hydrogen-bond acceptors (Lipinski definition) is 4. The molecule has 0 radical (unpaired) electrons. The van der Waals surface area contributed by atoms with Crippen molar-refractivity contribution in [2.24, 2.45) is 0 Å². The first-order valence-corrected chi connectivity index (χ1v) is 8.04. The normalized spacial score (nSPS) is 17.1. The van der Waals surface area contributed by atoms with Crippen molar-refractivity contribution in [3.05, 3.63) is 65.7 Å². The topological polar surface area (TPSA) is 76.1 Å². The Labute approximate surface area is 145 Å². The third-order valence-corrected chi connectivity index (χ3v) is 3.98. The number of morpholine rings is 1. The van der Waals surface area contributed by atoms with Crippen molar-refractivity contribution in [1.82, 2.24) is 4.90 Å². The number of carboxylic acid groups (broad SMARTS) is 1. The molecular formula is C19H19NO5. The van der Waals surface area contributed by atoms with E-state index < -0.39 is 12.1 Å². The SMILES string of the molecule is O=C(O)[C@@H]1CN(C(=O)c2ccc(COc3ccccc3)cc2)CCO1. The maximum atomic E-state index is 12.5. The summed E-state index contributed by atoms with van der Waals surface area (Å²) in [5.74, 6) is -0.452. The van der Waals surface area contributed by atoms with Gasteiger partial charge in [-0.3, -0.25) is 4.79 Å². The van der Waals surface area contributed by atoms with E-state index in [1.54, 1.807) is 12.1 Å². The van der Waals surface area contributed by atoms with Crippen LogP contribution in [-0.4, -0.2) is 47.7 Å². The zero-order valence-electron chi connectivity index (χ0n) is 13.6. The second kappa shape index (κ2) is 7.81. The molecule has 0 unspecified atom stereocenters. The minimum atomic E-state index is -1.05. The van der Waals surface area contributed by atoms with Crippen molar-refractivity contribution in [2.75, 3.05) is 19.7 Å². The highest BCUT2D eigenvalue weighted by atomic mass is 16.5. The minimum Gasteiger partial charge on any atom is -0.489 e. The lowest BCUT2D eigenvalue weighted by Crippen LogP contribution is -2.48. The molecule has 0 aromatic heterocycles. The van der Waals surface area contributed by atoms with Crippen LogP contribution in [0.3, 0.4) is 0 Å². The molecule has 1 saturated heterocycles. The molecule has 0 saturated carbocycles. The summed E-state index contributed by atoms with van der Waals surface area (Å²) < 4.78 is 10.8. The molecule has 6 heteroatoms. The Bertz CT molecular complexity index is 729. The zero-order valence-corrected chi connectivity index (χ0v) is 13.6. The summed E-state index contributed by atoms with van der Waals surface area (Å²) in [5.41, 5.74) is 1.47. The second-order valence-electron chi connectivity index (χ2n) is 5.75. The maximum Gasteiger partial charge on any atom is 0.334 e. The Hall–Kier alpha value is -2.86. The molecule has 1 amide bonds. The fraction of sp³-hybridized carbons (Fsp3) is 0.263. The van der Waals surface area contributed by atoms with E-state index in [9.17, 15) is 9.59 Å². The van der Waals surface area contributed by atoms with Crippen molar-refractivity contribution in [3.63, 3.8) is 0 Å². The van der Waals surface area contributed by atoms with Crippen LogP contribution in [0, 0.1) is 0 Å². The van der Waals surface area contributed by atoms with Crippen LogP contribution in [0.5, 0.6) is 5.75 Å². The number of nitrogens with zero attached hydrogens (tertiary/aromatic N) is 1. The molecule has 1 aliphatic rings. The van der Waals surface area contributed by atoms with Gasteiger partial charge in [-0.2, -0.15) is 0 Å². The van der Waals surface area contributed by atoms with Crippen LogP contribution in [0.4, 0.5) is 0 Å². The average Bonchev–Trinajstić information content (AvgIpc) is 2.67. The van der Waals surface area contributed by atoms with Gasteiger partial charge in [0.05, 0.1) is 13.2 Å². The van der Waals surface area contributed by atoms with Gasteiger partial charge in [-0.15, -0.1) is 0 Å². The number of amides is 1. The fourth-order valence-electron chi connectivity index (χ4n) is 2.59. The first kappa shape index (κ1) is 17.0. The smallest absolute Gasteiger partial charge is 0.334 e. The first-order valence-electron chi connectivity index (χ1n) is 8.04. The van der Waals surface area contributed by atoms with E-state index in [2.05, 4.69) is 0 Å². The Morgan fingerprint density at radius 1 is 1.12 bits per heavy atom. The quantitative estimate of drug-likeness (QED) is 0.902. The van der Waals surface area contributed by atoms with Gasteiger partial charge in [-0.25, -0.2) is 4.79 Å². The molecule has 1 aliphatic heterocycles. The summed E-state index contributed by atoms with van der Waals surface area (Å²) >= 11 is 0. The van der Waals surface area contributed by atoms with Crippen LogP contribution >= 0.6 is 0 Å². The number of benzene rings is 2. The highest BCUT2D eigenvalue weighted by molar-refractivity contribution is 5.94. The molecule has 6 nitrogen and oxygen atoms in total. The lowest BCUT2D eigenvalue weighted by atomic mass is 10.1. The highest BCUT2D eigenvalue weighted by Gasteiger charge is 2.29. The predicted molar refractivity (Wildman–Crippen MR) is 90.5 cm³/mol. The molecule has 1 atom stereocenters. The van der Waals surface area contributed by atoms with Gasteiger partial charge in [0.15, 0.2) is 6.10 Å². The standard InChI is InChI=1S/C19H19NO5/c21-18(20-10-11-24-17(12-20)19(22)23)15-8-6-14(7-9-15)13-25-16-4-2-1-3-5-16/h1-9,17H,10-13H2,(H,22,23)/t17-/m0/s1. The Morgan fingerprint density at radius 2 is 1.84 bits per heavy atom. The second-order valence-corrected chi connectivity index (χ2v) is 5.75. The number of para-hydroxylation sites is 1. The molecule has 0 bridgehead atoms. The minimum absolute atomic E-state index is 0.0625. The van der Waals surface area contributed by atoms with Gasteiger partial charge in [0.25, 0.3) is 5.91 Å². The van der Waals surface area contributed by atoms with Crippen LogP contribution in [-0.2, 0) is 16.1 Å². The largest absolute Gasteiger partial charge is 0.489 e. The van der Waals surface area contributed by atoms with E-state index in [1.165, 1.54) is 4.90 Å². The monoisotopic (exact) mass is 341 g/mol. The third-order valence-electron chi connectivity index (χ3n) is 3.98. The van der Waals surface area contributed by atoms with Crippen LogP contribution < -0.4 is 4.74 Å². The summed E-state index contributed by atoms with van der Waals surface area (Å²) in [6.45, 7) is 1.09. The summed E-state index contributed by atoms with van der Waals surface area (Å²) in [5, 5.41) is 9.02. The summed E-state index contributed by atoms with van der Waals surface area (Å²) in [6, 6.07) is 16.6. The molecule has 130 valence electrons. The molecule has 1 fully saturated rings. The van der Waals surface area contributed by atoms with Crippen LogP contribution in [0.15, 0.2) is 54.6 Å². The zero-order chi connectivity index (χ0) is 17.6. The predicted octanol–water partition coefficient (Wildman–Crippen LogP) is 2.19. The van der Waals surface area contributed by atoms with Crippen LogP contribution in [0.1, 0.15) is 15.9 Å². The molecule has 2 aromatic rings. The van der Waals surface area contributed by atoms with E-state index in [-0.39, 0.29) is 19.1 Å². The van der Waals surface area contributed by atoms with Gasteiger partial charge in [-0.1, -0.05) is 30.3 Å². The van der Waals surface area contributed by atoms with Crippen molar-refractivity contribution in [3.8, 4) is 5.75 Å². The molecule has 2 aromatic carbocycles. The number of aliphatic carboxylic acids is 1. The van der Waals surface area contributed by atoms with Crippen molar-refractivity contribution < 1.29 is 24.2 Å². The van der Waals surface area contributed by atoms with Gasteiger partial charge in [0, 0.05) is 12.1 Å². The molecule has 1 heterocycles. The molecule has 0 aliphatic carbocycles. The summed E-state index contributed by atoms with van der Waals surface area (Å²) in [6.07, 6.45) is -0.962. The lowest BCUT2D eigenvalue weighted by Gasteiger charge is -2.30. The van der Waals surface area contributed by atoms with Gasteiger partial charge in [-0.05, 0) is 29.8 Å². The van der Waals surface area contributed by atoms with Gasteiger partial charge >= 0.3 is 5.97 Å². The van der Waals surface area contributed by atoms with Crippen LogP contribution in [0.25, 0.3) is 0 Å². The number of ether oxygens (including phenoxy) is 2. The van der Waals surface area contributed by atoms with E-state index in [4.69, 9.17) is 14.6 Å². The molecule has 3 rings (SSSR count). The Balaban J connectivity index is 1.59. The Kier molecular flexibility index (Phi) is 5.30. The van der Waals surface area contributed by atoms with Crippen molar-refractivity contribution >= 4 is 11.9 Å². The number of carbonyl (C=O) groups is 2. The van der Waals surface area contributed by atoms with Crippen molar-refractivity contribution in [2.45, 2.75) is 12.7 Å². The molecule has 1 N–H and O–H groups in total. The van der Waals surface area contributed by atoms with Crippen molar-refractivity contribution in [1.29, 1.82) is 0 Å². The molecule has 25 heavy (non-hydrogen) atoms. The number of carboxylic acids is 1. The van der Waals surface area contributed by atoms with Crippen LogP contribution in [0.2, 0.25) is 0 Å². The third kappa shape index (κ3) is 4.36. The van der Waals surface area contributed by atoms with E-state index >= 15 is 0 Å². The number of carbonyl (C=O) groups excluding carboxylic acids is 1. The maximum absolute atomic E-state index is 12.5. The Morgan fingerprint density at radius 3 is 2.52 bits per heavy atom. The lowest BCUT2D eigenvalue weighted by molar-refractivity contribution is -0.154. The highest BCUT2D eigenvalue weighted by Crippen LogP contribution is 2.14. The number of hydrogen-bond donors (Lipinski definition) is 1. The molecule has 0 spiro atoms. The van der Waals surface area contributed by atoms with E-state index in [0.717, 1.165) is 11.3 Å². The fourth-order valence-corrected chi connectivity index (χ4v) is 2.59. The first-order chi connectivity index (χ1) is 12.1. The van der Waals surface area contributed by atoms with Gasteiger partial charge in [0.1, 0.15) is 12.4 Å². The molecular weight excluding hydrogens is 322 g/mol. The summed E-state index contributed by atoms with van der Waals surface area (Å²) in [7, 11) is 0. The number of rotatable bonds is 5. The van der Waals surface area contributed by atoms with E-state index in [1.807, 2.05) is 42.5 Å². The van der Waals surface area contributed by atoms with Gasteiger partial charge in [0.2, 0.25) is 0 Å². The van der Waals surface area contributed by atoms with E-state index in [0.29, 0.717) is 18.7 Å².